The summed E-state index contributed by atoms with van der Waals surface area (Å²) in [5.41, 5.74) is 0.603. The number of phenols is 1. The summed E-state index contributed by atoms with van der Waals surface area (Å²) in [6.45, 7) is 2.25. The van der Waals surface area contributed by atoms with Crippen molar-refractivity contribution in [2.24, 2.45) is 0 Å². The summed E-state index contributed by atoms with van der Waals surface area (Å²) in [7, 11) is -1.77. The second-order valence-corrected chi connectivity index (χ2v) is 6.44. The molecule has 0 radical (unpaired) electrons. The summed E-state index contributed by atoms with van der Waals surface area (Å²) in [6.07, 6.45) is -0.441. The zero-order valence-corrected chi connectivity index (χ0v) is 15.9. The number of hydrogen-bond acceptors (Lipinski definition) is 7. The fourth-order valence-corrected chi connectivity index (χ4v) is 2.79. The molecular formula is C17H23BN4O7. The van der Waals surface area contributed by atoms with E-state index in [0.717, 1.165) is 4.90 Å². The lowest BCUT2D eigenvalue weighted by molar-refractivity contribution is -0.153. The largest absolute Gasteiger partial charge is 0.508 e. The molecule has 5 amide bonds. The SMILES string of the molecule is CCN1CCN(C(=O)NC(Cc2ccc(O)cc2)C(=O)NCB(O)O)C(=O)C1=O. The summed E-state index contributed by atoms with van der Waals surface area (Å²) in [4.78, 5) is 51.2. The first-order valence-corrected chi connectivity index (χ1v) is 9.06. The average Bonchev–Trinajstić information content (AvgIpc) is 2.69. The number of urea groups is 1. The summed E-state index contributed by atoms with van der Waals surface area (Å²) >= 11 is 0. The van der Waals surface area contributed by atoms with Gasteiger partial charge in [-0.25, -0.2) is 4.79 Å². The Morgan fingerprint density at radius 1 is 1.14 bits per heavy atom. The second-order valence-electron chi connectivity index (χ2n) is 6.44. The Labute approximate surface area is 167 Å². The predicted molar refractivity (Wildman–Crippen MR) is 101 cm³/mol. The minimum Gasteiger partial charge on any atom is -0.508 e. The van der Waals surface area contributed by atoms with Crippen LogP contribution in [-0.2, 0) is 20.8 Å². The van der Waals surface area contributed by atoms with Gasteiger partial charge >= 0.3 is 25.0 Å². The number of phenolic OH excluding ortho intramolecular Hbond substituents is 1. The quantitative estimate of drug-likeness (QED) is 0.255. The van der Waals surface area contributed by atoms with Gasteiger partial charge in [-0.2, -0.15) is 0 Å². The fourth-order valence-electron chi connectivity index (χ4n) is 2.79. The zero-order valence-electron chi connectivity index (χ0n) is 15.9. The predicted octanol–water partition coefficient (Wildman–Crippen LogP) is -2.17. The molecule has 0 spiro atoms. The van der Waals surface area contributed by atoms with E-state index in [9.17, 15) is 24.3 Å². The molecule has 1 atom stereocenters. The van der Waals surface area contributed by atoms with Crippen LogP contribution in [-0.4, -0.2) is 87.9 Å². The molecule has 1 aromatic carbocycles. The number of benzene rings is 1. The maximum atomic E-state index is 12.6. The van der Waals surface area contributed by atoms with Crippen molar-refractivity contribution in [3.8, 4) is 5.75 Å². The van der Waals surface area contributed by atoms with E-state index in [1.54, 1.807) is 19.1 Å². The highest BCUT2D eigenvalue weighted by atomic mass is 16.4. The molecule has 0 aliphatic carbocycles. The number of nitrogens with one attached hydrogen (secondary N) is 2. The summed E-state index contributed by atoms with van der Waals surface area (Å²) < 4.78 is 0. The molecular weight excluding hydrogens is 383 g/mol. The summed E-state index contributed by atoms with van der Waals surface area (Å²) in [5.74, 6) is -2.45. The minimum atomic E-state index is -1.77. The van der Waals surface area contributed by atoms with Crippen molar-refractivity contribution in [2.75, 3.05) is 26.1 Å². The van der Waals surface area contributed by atoms with Crippen molar-refractivity contribution < 1.29 is 34.3 Å². The van der Waals surface area contributed by atoms with Crippen molar-refractivity contribution >= 4 is 30.9 Å². The Morgan fingerprint density at radius 2 is 1.79 bits per heavy atom. The summed E-state index contributed by atoms with van der Waals surface area (Å²) in [6, 6.07) is 3.88. The molecule has 1 saturated heterocycles. The van der Waals surface area contributed by atoms with E-state index in [4.69, 9.17) is 10.0 Å². The van der Waals surface area contributed by atoms with Gasteiger partial charge in [-0.1, -0.05) is 12.1 Å². The van der Waals surface area contributed by atoms with Gasteiger partial charge in [0.2, 0.25) is 5.91 Å². The van der Waals surface area contributed by atoms with Crippen LogP contribution in [0.15, 0.2) is 24.3 Å². The van der Waals surface area contributed by atoms with E-state index in [1.165, 1.54) is 17.0 Å². The molecule has 156 valence electrons. The Bertz CT molecular complexity index is 772. The van der Waals surface area contributed by atoms with E-state index in [0.29, 0.717) is 12.1 Å². The number of piperazine rings is 1. The minimum absolute atomic E-state index is 0.00680. The van der Waals surface area contributed by atoms with E-state index in [-0.39, 0.29) is 25.3 Å². The van der Waals surface area contributed by atoms with Crippen LogP contribution in [0.1, 0.15) is 12.5 Å². The molecule has 12 heteroatoms. The first kappa shape index (κ1) is 22.2. The molecule has 0 bridgehead atoms. The third-order valence-corrected chi connectivity index (χ3v) is 4.38. The van der Waals surface area contributed by atoms with Gasteiger partial charge in [-0.3, -0.25) is 19.3 Å². The first-order valence-electron chi connectivity index (χ1n) is 9.06. The average molecular weight is 406 g/mol. The molecule has 1 aromatic rings. The number of rotatable bonds is 7. The number of likely N-dealkylation sites (N-methyl/N-ethyl adjacent to an activating group) is 1. The molecule has 5 N–H and O–H groups in total. The standard InChI is InChI=1S/C17H23BN4O7/c1-2-21-7-8-22(16(26)15(21)25)17(27)20-13(14(24)19-10-18(28)29)9-11-3-5-12(23)6-4-11/h3-6,13,23,28-29H,2,7-10H2,1H3,(H,19,24)(H,20,27). The lowest BCUT2D eigenvalue weighted by Crippen LogP contribution is -2.60. The van der Waals surface area contributed by atoms with Crippen molar-refractivity contribution in [3.05, 3.63) is 29.8 Å². The van der Waals surface area contributed by atoms with E-state index >= 15 is 0 Å². The molecule has 1 aliphatic heterocycles. The number of hydrogen-bond donors (Lipinski definition) is 5. The van der Waals surface area contributed by atoms with Gasteiger partial charge in [0.25, 0.3) is 0 Å². The normalized spacial score (nSPS) is 15.1. The molecule has 29 heavy (non-hydrogen) atoms. The van der Waals surface area contributed by atoms with Gasteiger partial charge in [0, 0.05) is 26.1 Å². The molecule has 2 rings (SSSR count). The lowest BCUT2D eigenvalue weighted by atomic mass is 9.92. The first-order chi connectivity index (χ1) is 13.7. The Balaban J connectivity index is 2.12. The number of carbonyl (C=O) groups is 4. The van der Waals surface area contributed by atoms with E-state index in [1.807, 2.05) is 0 Å². The number of nitrogens with zero attached hydrogens (tertiary/aromatic N) is 2. The zero-order chi connectivity index (χ0) is 21.6. The highest BCUT2D eigenvalue weighted by molar-refractivity contribution is 6.41. The number of carbonyl (C=O) groups excluding carboxylic acids is 4. The van der Waals surface area contributed by atoms with Gasteiger partial charge in [-0.05, 0) is 24.6 Å². The highest BCUT2D eigenvalue weighted by Crippen LogP contribution is 2.12. The van der Waals surface area contributed by atoms with Crippen LogP contribution >= 0.6 is 0 Å². The van der Waals surface area contributed by atoms with Crippen LogP contribution in [0.4, 0.5) is 4.79 Å². The monoisotopic (exact) mass is 406 g/mol. The second kappa shape index (κ2) is 9.89. The van der Waals surface area contributed by atoms with E-state index in [2.05, 4.69) is 10.6 Å². The van der Waals surface area contributed by atoms with Gasteiger partial charge < -0.3 is 30.7 Å². The maximum absolute atomic E-state index is 12.6. The van der Waals surface area contributed by atoms with E-state index < -0.39 is 43.4 Å². The van der Waals surface area contributed by atoms with Crippen molar-refractivity contribution in [1.29, 1.82) is 0 Å². The molecule has 1 fully saturated rings. The molecule has 0 saturated carbocycles. The van der Waals surface area contributed by atoms with Gasteiger partial charge in [-0.15, -0.1) is 0 Å². The van der Waals surface area contributed by atoms with Crippen molar-refractivity contribution in [2.45, 2.75) is 19.4 Å². The van der Waals surface area contributed by atoms with Crippen LogP contribution in [0, 0.1) is 0 Å². The number of imide groups is 1. The third kappa shape index (κ3) is 5.93. The number of aromatic hydroxyl groups is 1. The van der Waals surface area contributed by atoms with Crippen molar-refractivity contribution in [3.63, 3.8) is 0 Å². The Hall–Kier alpha value is -3.12. The molecule has 1 unspecified atom stereocenters. The summed E-state index contributed by atoms with van der Waals surface area (Å²) in [5, 5.41) is 31.9. The van der Waals surface area contributed by atoms with Crippen molar-refractivity contribution in [1.82, 2.24) is 20.4 Å². The molecule has 0 aromatic heterocycles. The molecule has 11 nitrogen and oxygen atoms in total. The van der Waals surface area contributed by atoms with Crippen LogP contribution < -0.4 is 10.6 Å². The lowest BCUT2D eigenvalue weighted by Gasteiger charge is -2.32. The van der Waals surface area contributed by atoms with Crippen LogP contribution in [0.5, 0.6) is 5.75 Å². The Morgan fingerprint density at radius 3 is 2.38 bits per heavy atom. The molecule has 1 aliphatic rings. The number of amides is 5. The van der Waals surface area contributed by atoms with Crippen LogP contribution in [0.3, 0.4) is 0 Å². The van der Waals surface area contributed by atoms with Gasteiger partial charge in [0.1, 0.15) is 11.8 Å². The third-order valence-electron chi connectivity index (χ3n) is 4.38. The smallest absolute Gasteiger partial charge is 0.472 e. The highest BCUT2D eigenvalue weighted by Gasteiger charge is 2.36. The van der Waals surface area contributed by atoms with Gasteiger partial charge in [0.05, 0.1) is 6.44 Å². The molecule has 1 heterocycles. The van der Waals surface area contributed by atoms with Crippen LogP contribution in [0.25, 0.3) is 0 Å². The topological polar surface area (TPSA) is 160 Å². The maximum Gasteiger partial charge on any atom is 0.472 e. The fraction of sp³-hybridized carbons (Fsp3) is 0.412. The van der Waals surface area contributed by atoms with Crippen LogP contribution in [0.2, 0.25) is 0 Å². The van der Waals surface area contributed by atoms with Gasteiger partial charge in [0.15, 0.2) is 0 Å². The Kier molecular flexibility index (Phi) is 7.56.